The third-order valence-corrected chi connectivity index (χ3v) is 14.6. The van der Waals surface area contributed by atoms with E-state index in [-0.39, 0.29) is 0 Å². The molecule has 64 heavy (non-hydrogen) atoms. The molecule has 0 amide bonds. The second-order valence-electron chi connectivity index (χ2n) is 16.8. The van der Waals surface area contributed by atoms with Crippen molar-refractivity contribution in [2.24, 2.45) is 0 Å². The summed E-state index contributed by atoms with van der Waals surface area (Å²) in [5.74, 6) is 0. The number of fused-ring (bicyclic) bond motifs is 13. The van der Waals surface area contributed by atoms with E-state index in [1.54, 1.807) is 0 Å². The van der Waals surface area contributed by atoms with E-state index in [4.69, 9.17) is 4.42 Å². The van der Waals surface area contributed by atoms with Gasteiger partial charge in [-0.3, -0.25) is 0 Å². The van der Waals surface area contributed by atoms with Crippen LogP contribution in [0, 0.1) is 0 Å². The standard InChI is InChI=1S/C60H36N2OS/c1-3-13-37(14-4-1)39-25-28-41(29-26-39)61-52-23-9-7-18-49(52)57-54(61)33-31-44-50-35-40(38-15-5-2-6-16-38)27-32-53(50)62(58(44)57)42-30-34-56-51(36-42)48-22-12-21-47(60(48)64-56)46-20-11-19-45-43-17-8-10-24-55(43)63-59(45)46/h1-36H. The summed E-state index contributed by atoms with van der Waals surface area (Å²) in [6.07, 6.45) is 0. The Morgan fingerprint density at radius 2 is 0.969 bits per heavy atom. The van der Waals surface area contributed by atoms with Gasteiger partial charge in [0.1, 0.15) is 11.2 Å². The first kappa shape index (κ1) is 35.4. The number of aromatic nitrogens is 2. The van der Waals surface area contributed by atoms with Crippen LogP contribution in [0.2, 0.25) is 0 Å². The van der Waals surface area contributed by atoms with Crippen LogP contribution in [-0.4, -0.2) is 9.13 Å². The Bertz CT molecular complexity index is 4170. The van der Waals surface area contributed by atoms with Gasteiger partial charge in [-0.25, -0.2) is 0 Å². The van der Waals surface area contributed by atoms with Gasteiger partial charge in [-0.05, 0) is 82.9 Å². The van der Waals surface area contributed by atoms with Crippen LogP contribution in [0.5, 0.6) is 0 Å². The maximum Gasteiger partial charge on any atom is 0.143 e. The molecule has 0 fully saturated rings. The van der Waals surface area contributed by atoms with E-state index in [1.807, 2.05) is 17.4 Å². The Morgan fingerprint density at radius 3 is 1.80 bits per heavy atom. The third-order valence-electron chi connectivity index (χ3n) is 13.3. The number of hydrogen-bond acceptors (Lipinski definition) is 2. The zero-order valence-corrected chi connectivity index (χ0v) is 35.3. The molecule has 0 unspecified atom stereocenters. The van der Waals surface area contributed by atoms with Crippen molar-refractivity contribution in [1.29, 1.82) is 0 Å². The van der Waals surface area contributed by atoms with Crippen LogP contribution in [-0.2, 0) is 0 Å². The fraction of sp³-hybridized carbons (Fsp3) is 0. The fourth-order valence-corrected chi connectivity index (χ4v) is 11.7. The highest BCUT2D eigenvalue weighted by molar-refractivity contribution is 7.26. The van der Waals surface area contributed by atoms with Crippen LogP contribution in [0.3, 0.4) is 0 Å². The average molecular weight is 833 g/mol. The maximum absolute atomic E-state index is 6.57. The summed E-state index contributed by atoms with van der Waals surface area (Å²) in [6, 6.07) is 79.6. The summed E-state index contributed by atoms with van der Waals surface area (Å²) >= 11 is 1.86. The Labute approximate surface area is 371 Å². The minimum absolute atomic E-state index is 0.915. The van der Waals surface area contributed by atoms with E-state index in [0.29, 0.717) is 0 Å². The van der Waals surface area contributed by atoms with Gasteiger partial charge in [0.25, 0.3) is 0 Å². The molecular weight excluding hydrogens is 797 g/mol. The van der Waals surface area contributed by atoms with Gasteiger partial charge in [-0.2, -0.15) is 0 Å². The van der Waals surface area contributed by atoms with E-state index in [1.165, 1.54) is 91.6 Å². The van der Waals surface area contributed by atoms with Gasteiger partial charge in [-0.1, -0.05) is 158 Å². The van der Waals surface area contributed by atoms with Gasteiger partial charge in [0.15, 0.2) is 0 Å². The van der Waals surface area contributed by atoms with Crippen molar-refractivity contribution in [3.05, 3.63) is 218 Å². The number of thiophene rings is 1. The van der Waals surface area contributed by atoms with Gasteiger partial charge >= 0.3 is 0 Å². The molecule has 0 aliphatic rings. The van der Waals surface area contributed by atoms with Crippen molar-refractivity contribution in [2.45, 2.75) is 0 Å². The number of nitrogens with zero attached hydrogens (tertiary/aromatic N) is 2. The van der Waals surface area contributed by atoms with E-state index >= 15 is 0 Å². The summed E-state index contributed by atoms with van der Waals surface area (Å²) in [6.45, 7) is 0. The molecule has 4 aromatic heterocycles. The van der Waals surface area contributed by atoms with E-state index in [0.717, 1.165) is 38.9 Å². The van der Waals surface area contributed by atoms with Crippen LogP contribution in [0.1, 0.15) is 0 Å². The summed E-state index contributed by atoms with van der Waals surface area (Å²) < 4.78 is 14.1. The monoisotopic (exact) mass is 832 g/mol. The second-order valence-corrected chi connectivity index (χ2v) is 17.9. The minimum Gasteiger partial charge on any atom is -0.455 e. The molecule has 0 saturated carbocycles. The summed E-state index contributed by atoms with van der Waals surface area (Å²) in [4.78, 5) is 0. The summed E-state index contributed by atoms with van der Waals surface area (Å²) in [7, 11) is 0. The lowest BCUT2D eigenvalue weighted by Crippen LogP contribution is -1.95. The molecule has 0 saturated heterocycles. The maximum atomic E-state index is 6.57. The molecule has 14 rings (SSSR count). The fourth-order valence-electron chi connectivity index (χ4n) is 10.4. The van der Waals surface area contributed by atoms with Crippen LogP contribution < -0.4 is 0 Å². The van der Waals surface area contributed by atoms with Crippen molar-refractivity contribution in [1.82, 2.24) is 9.13 Å². The zero-order valence-electron chi connectivity index (χ0n) is 34.5. The topological polar surface area (TPSA) is 23.0 Å². The molecule has 10 aromatic carbocycles. The number of rotatable bonds is 5. The molecule has 0 aliphatic carbocycles. The highest BCUT2D eigenvalue weighted by atomic mass is 32.1. The lowest BCUT2D eigenvalue weighted by atomic mass is 10.00. The molecule has 0 bridgehead atoms. The van der Waals surface area contributed by atoms with E-state index in [9.17, 15) is 0 Å². The molecule has 0 radical (unpaired) electrons. The number of para-hydroxylation sites is 3. The van der Waals surface area contributed by atoms with Crippen molar-refractivity contribution in [3.63, 3.8) is 0 Å². The lowest BCUT2D eigenvalue weighted by Gasteiger charge is -2.11. The zero-order chi connectivity index (χ0) is 41.9. The Morgan fingerprint density at radius 1 is 0.344 bits per heavy atom. The predicted octanol–water partition coefficient (Wildman–Crippen LogP) is 17.1. The molecule has 0 atom stereocenters. The highest BCUT2D eigenvalue weighted by Gasteiger charge is 2.23. The Hall–Kier alpha value is -8.18. The quantitative estimate of drug-likeness (QED) is 0.169. The molecule has 0 N–H and O–H groups in total. The summed E-state index contributed by atoms with van der Waals surface area (Å²) in [5, 5.41) is 9.74. The number of furan rings is 1. The molecule has 4 heteroatoms. The van der Waals surface area contributed by atoms with Gasteiger partial charge in [0.05, 0.1) is 22.1 Å². The van der Waals surface area contributed by atoms with Gasteiger partial charge in [0, 0.05) is 75.0 Å². The first-order chi connectivity index (χ1) is 31.7. The van der Waals surface area contributed by atoms with Crippen molar-refractivity contribution in [3.8, 4) is 44.8 Å². The number of hydrogen-bond donors (Lipinski definition) is 0. The predicted molar refractivity (Wildman–Crippen MR) is 272 cm³/mol. The molecule has 0 aliphatic heterocycles. The first-order valence-corrected chi connectivity index (χ1v) is 22.6. The van der Waals surface area contributed by atoms with Crippen LogP contribution >= 0.6 is 11.3 Å². The first-order valence-electron chi connectivity index (χ1n) is 21.8. The Balaban J connectivity index is 1.03. The van der Waals surface area contributed by atoms with Crippen molar-refractivity contribution < 1.29 is 4.42 Å². The average Bonchev–Trinajstić information content (AvgIpc) is 4.12. The van der Waals surface area contributed by atoms with E-state index in [2.05, 4.69) is 221 Å². The van der Waals surface area contributed by atoms with Gasteiger partial charge in [-0.15, -0.1) is 11.3 Å². The largest absolute Gasteiger partial charge is 0.455 e. The van der Waals surface area contributed by atoms with E-state index < -0.39 is 0 Å². The lowest BCUT2D eigenvalue weighted by molar-refractivity contribution is 0.670. The smallest absolute Gasteiger partial charge is 0.143 e. The molecule has 14 aromatic rings. The Kier molecular flexibility index (Phi) is 7.56. The minimum atomic E-state index is 0.915. The summed E-state index contributed by atoms with van der Waals surface area (Å²) in [5.41, 5.74) is 16.0. The van der Waals surface area contributed by atoms with Crippen molar-refractivity contribution >= 4 is 97.1 Å². The normalized spacial score (nSPS) is 12.1. The molecule has 3 nitrogen and oxygen atoms in total. The number of benzene rings is 10. The molecule has 4 heterocycles. The van der Waals surface area contributed by atoms with Crippen LogP contribution in [0.15, 0.2) is 223 Å². The van der Waals surface area contributed by atoms with Crippen LogP contribution in [0.25, 0.3) is 130 Å². The highest BCUT2D eigenvalue weighted by Crippen LogP contribution is 2.47. The van der Waals surface area contributed by atoms with Gasteiger partial charge in [0.2, 0.25) is 0 Å². The second kappa shape index (κ2) is 13.7. The third kappa shape index (κ3) is 5.15. The van der Waals surface area contributed by atoms with Crippen molar-refractivity contribution in [2.75, 3.05) is 0 Å². The van der Waals surface area contributed by atoms with Crippen LogP contribution in [0.4, 0.5) is 0 Å². The molecular formula is C60H36N2OS. The van der Waals surface area contributed by atoms with Gasteiger partial charge < -0.3 is 13.6 Å². The molecule has 298 valence electrons. The molecule has 0 spiro atoms. The SMILES string of the molecule is c1ccc(-c2ccc(-n3c4ccccc4c4c3ccc3c5cc(-c6ccccc6)ccc5n(-c5ccc6sc7c(-c8cccc9c8oc8ccccc89)cccc7c6c5)c34)cc2)cc1.